The summed E-state index contributed by atoms with van der Waals surface area (Å²) >= 11 is 0. The monoisotopic (exact) mass is 586 g/mol. The third-order valence-electron chi connectivity index (χ3n) is 9.19. The zero-order valence-electron chi connectivity index (χ0n) is 25.3. The zero-order chi connectivity index (χ0) is 31.0. The molecule has 2 aliphatic rings. The van der Waals surface area contributed by atoms with Gasteiger partial charge in [0.05, 0.1) is 23.1 Å². The molecular formula is C34H37F3N6. The van der Waals surface area contributed by atoms with E-state index in [0.717, 1.165) is 48.1 Å². The van der Waals surface area contributed by atoms with Crippen LogP contribution in [0.1, 0.15) is 63.1 Å². The first kappa shape index (κ1) is 30.2. The molecule has 0 saturated carbocycles. The van der Waals surface area contributed by atoms with Gasteiger partial charge in [-0.2, -0.15) is 18.3 Å². The Morgan fingerprint density at radius 3 is 2.37 bits per heavy atom. The van der Waals surface area contributed by atoms with Crippen molar-refractivity contribution in [2.24, 2.45) is 22.6 Å². The van der Waals surface area contributed by atoms with Crippen LogP contribution in [0.2, 0.25) is 0 Å². The SMILES string of the molecule is C=NC1=CC=C(C(C)(c2ccc(C(F)(F)F)nc2)c2cncn2C)CC1(C)/C(C)=C(\C)Cc1ccc(N2CCC=N2)cc1. The van der Waals surface area contributed by atoms with Gasteiger partial charge >= 0.3 is 6.18 Å². The Kier molecular flexibility index (Phi) is 8.03. The minimum atomic E-state index is -4.51. The van der Waals surface area contributed by atoms with Gasteiger partial charge in [0.15, 0.2) is 0 Å². The second-order valence-corrected chi connectivity index (χ2v) is 11.8. The lowest BCUT2D eigenvalue weighted by Gasteiger charge is -2.42. The average Bonchev–Trinajstić information content (AvgIpc) is 3.69. The second kappa shape index (κ2) is 11.4. The summed E-state index contributed by atoms with van der Waals surface area (Å²) in [6, 6.07) is 11.1. The number of hydrogen-bond acceptors (Lipinski definition) is 5. The summed E-state index contributed by atoms with van der Waals surface area (Å²) in [4.78, 5) is 12.6. The molecule has 0 bridgehead atoms. The van der Waals surface area contributed by atoms with Crippen LogP contribution in [0, 0.1) is 5.41 Å². The van der Waals surface area contributed by atoms with Crippen molar-refractivity contribution in [1.82, 2.24) is 14.5 Å². The molecule has 2 atom stereocenters. The normalized spacial score (nSPS) is 20.8. The number of hydrazone groups is 1. The lowest BCUT2D eigenvalue weighted by Crippen LogP contribution is -2.35. The number of alkyl halides is 3. The van der Waals surface area contributed by atoms with Crippen molar-refractivity contribution in [1.29, 1.82) is 0 Å². The number of hydrogen-bond donors (Lipinski definition) is 0. The Hall–Kier alpha value is -4.27. The lowest BCUT2D eigenvalue weighted by atomic mass is 9.63. The number of aliphatic imine (C=N–C) groups is 1. The second-order valence-electron chi connectivity index (χ2n) is 11.8. The van der Waals surface area contributed by atoms with Crippen molar-refractivity contribution in [2.75, 3.05) is 11.6 Å². The molecule has 2 unspecified atom stereocenters. The van der Waals surface area contributed by atoms with Crippen LogP contribution in [0.4, 0.5) is 18.9 Å². The molecule has 0 amide bonds. The number of nitrogens with zero attached hydrogens (tertiary/aromatic N) is 6. The molecule has 43 heavy (non-hydrogen) atoms. The first-order valence-electron chi connectivity index (χ1n) is 14.3. The maximum Gasteiger partial charge on any atom is 0.433 e. The number of aryl methyl sites for hydroxylation is 1. The number of imidazole rings is 1. The average molecular weight is 587 g/mol. The smallest absolute Gasteiger partial charge is 0.337 e. The van der Waals surface area contributed by atoms with Gasteiger partial charge in [0.1, 0.15) is 5.69 Å². The largest absolute Gasteiger partial charge is 0.433 e. The van der Waals surface area contributed by atoms with Crippen molar-refractivity contribution < 1.29 is 13.2 Å². The molecule has 1 aromatic carbocycles. The Labute approximate surface area is 251 Å². The predicted octanol–water partition coefficient (Wildman–Crippen LogP) is 7.84. The zero-order valence-corrected chi connectivity index (χ0v) is 25.3. The Balaban J connectivity index is 1.51. The molecular weight excluding hydrogens is 549 g/mol. The molecule has 3 aromatic rings. The molecule has 0 radical (unpaired) electrons. The van der Waals surface area contributed by atoms with E-state index < -0.39 is 22.7 Å². The summed E-state index contributed by atoms with van der Waals surface area (Å²) in [5.41, 5.74) is 5.88. The Morgan fingerprint density at radius 1 is 1.07 bits per heavy atom. The molecule has 224 valence electrons. The third kappa shape index (κ3) is 5.60. The summed E-state index contributed by atoms with van der Waals surface area (Å²) in [6.07, 6.45) is 8.57. The standard InChI is InChI=1S/C34H37F3N6/c1-23(18-25-8-12-28(13-9-25)43-17-7-16-41-43)24(2)32(3)19-26(10-14-29(32)38-5)33(4,31-21-39-22-42(31)6)27-11-15-30(40-20-27)34(35,36)37/h8-16,20-22H,5,7,17-19H2,1-4,6H3/b24-23+. The third-order valence-corrected chi connectivity index (χ3v) is 9.19. The van der Waals surface area contributed by atoms with Crippen molar-refractivity contribution in [2.45, 2.75) is 58.5 Å². The minimum absolute atomic E-state index is 0.487. The topological polar surface area (TPSA) is 58.7 Å². The highest BCUT2D eigenvalue weighted by molar-refractivity contribution is 5.65. The van der Waals surface area contributed by atoms with E-state index in [9.17, 15) is 13.2 Å². The number of benzene rings is 1. The van der Waals surface area contributed by atoms with Crippen LogP contribution < -0.4 is 5.01 Å². The lowest BCUT2D eigenvalue weighted by molar-refractivity contribution is -0.141. The first-order valence-corrected chi connectivity index (χ1v) is 14.3. The number of pyridine rings is 1. The Morgan fingerprint density at radius 2 is 1.81 bits per heavy atom. The molecule has 0 spiro atoms. The van der Waals surface area contributed by atoms with Crippen molar-refractivity contribution >= 4 is 18.6 Å². The highest BCUT2D eigenvalue weighted by atomic mass is 19.4. The van der Waals surface area contributed by atoms with Gasteiger partial charge in [0, 0.05) is 49.7 Å². The summed E-state index contributed by atoms with van der Waals surface area (Å²) in [5.74, 6) is 0. The fourth-order valence-corrected chi connectivity index (χ4v) is 6.27. The molecule has 3 heterocycles. The molecule has 5 rings (SSSR count). The van der Waals surface area contributed by atoms with Crippen LogP contribution in [0.5, 0.6) is 0 Å². The highest BCUT2D eigenvalue weighted by Crippen LogP contribution is 2.52. The maximum absolute atomic E-state index is 13.4. The van der Waals surface area contributed by atoms with E-state index in [2.05, 4.69) is 71.8 Å². The van der Waals surface area contributed by atoms with Gasteiger partial charge in [-0.3, -0.25) is 15.0 Å². The van der Waals surface area contributed by atoms with Crippen molar-refractivity contribution in [3.05, 3.63) is 112 Å². The van der Waals surface area contributed by atoms with Gasteiger partial charge in [-0.15, -0.1) is 0 Å². The molecule has 0 fully saturated rings. The Bertz CT molecular complexity index is 1630. The van der Waals surface area contributed by atoms with E-state index in [4.69, 9.17) is 0 Å². The van der Waals surface area contributed by atoms with Gasteiger partial charge in [0.25, 0.3) is 0 Å². The van der Waals surface area contributed by atoms with E-state index in [1.807, 2.05) is 41.9 Å². The highest BCUT2D eigenvalue weighted by Gasteiger charge is 2.44. The van der Waals surface area contributed by atoms with Gasteiger partial charge in [-0.05, 0) is 82.7 Å². The summed E-state index contributed by atoms with van der Waals surface area (Å²) in [7, 11) is 1.89. The van der Waals surface area contributed by atoms with Gasteiger partial charge in [0.2, 0.25) is 0 Å². The van der Waals surface area contributed by atoms with E-state index >= 15 is 0 Å². The van der Waals surface area contributed by atoms with Crippen LogP contribution in [0.3, 0.4) is 0 Å². The number of halogens is 3. The molecule has 9 heteroatoms. The molecule has 0 saturated heterocycles. The fraction of sp³-hybridized carbons (Fsp3) is 0.353. The van der Waals surface area contributed by atoms with E-state index in [0.29, 0.717) is 12.0 Å². The summed E-state index contributed by atoms with van der Waals surface area (Å²) < 4.78 is 42.0. The van der Waals surface area contributed by atoms with Crippen LogP contribution >= 0.6 is 0 Å². The number of aromatic nitrogens is 3. The van der Waals surface area contributed by atoms with Gasteiger partial charge in [-0.1, -0.05) is 41.0 Å². The van der Waals surface area contributed by atoms with E-state index in [1.165, 1.54) is 29.0 Å². The summed E-state index contributed by atoms with van der Waals surface area (Å²) in [5, 5.41) is 6.42. The molecule has 6 nitrogen and oxygen atoms in total. The number of rotatable bonds is 8. The van der Waals surface area contributed by atoms with E-state index in [-0.39, 0.29) is 0 Å². The van der Waals surface area contributed by atoms with Crippen LogP contribution in [-0.4, -0.2) is 34.0 Å². The number of allylic oxidation sites excluding steroid dienone is 5. The van der Waals surface area contributed by atoms with Crippen LogP contribution in [-0.2, 0) is 25.1 Å². The predicted molar refractivity (Wildman–Crippen MR) is 166 cm³/mol. The van der Waals surface area contributed by atoms with E-state index in [1.54, 1.807) is 12.5 Å². The molecule has 1 aliphatic carbocycles. The minimum Gasteiger partial charge on any atom is -0.337 e. The molecule has 1 aliphatic heterocycles. The van der Waals surface area contributed by atoms with Crippen LogP contribution in [0.15, 0.2) is 99.8 Å². The molecule has 2 aromatic heterocycles. The maximum atomic E-state index is 13.4. The summed E-state index contributed by atoms with van der Waals surface area (Å²) in [6.45, 7) is 13.3. The molecule has 0 N–H and O–H groups in total. The first-order chi connectivity index (χ1) is 20.4. The van der Waals surface area contributed by atoms with Crippen LogP contribution in [0.25, 0.3) is 0 Å². The van der Waals surface area contributed by atoms with Gasteiger partial charge < -0.3 is 4.57 Å². The number of anilines is 1. The van der Waals surface area contributed by atoms with Gasteiger partial charge in [-0.25, -0.2) is 4.98 Å². The fourth-order valence-electron chi connectivity index (χ4n) is 6.27. The van der Waals surface area contributed by atoms with Crippen molar-refractivity contribution in [3.8, 4) is 0 Å². The van der Waals surface area contributed by atoms with Crippen molar-refractivity contribution in [3.63, 3.8) is 0 Å². The quantitative estimate of drug-likeness (QED) is 0.200.